The summed E-state index contributed by atoms with van der Waals surface area (Å²) >= 11 is 3.20. The first-order chi connectivity index (χ1) is 15.4. The third-order valence-corrected chi connectivity index (χ3v) is 8.48. The molecule has 3 aromatic rings. The molecule has 1 N–H and O–H groups in total. The first-order valence-corrected chi connectivity index (χ1v) is 13.3. The van der Waals surface area contributed by atoms with Crippen LogP contribution in [0.2, 0.25) is 0 Å². The van der Waals surface area contributed by atoms with Gasteiger partial charge in [-0.1, -0.05) is 13.8 Å². The molecule has 3 rings (SSSR count). The summed E-state index contributed by atoms with van der Waals surface area (Å²) in [6, 6.07) is 11.7. The van der Waals surface area contributed by atoms with E-state index in [0.29, 0.717) is 30.1 Å². The molecule has 0 spiro atoms. The predicted octanol–water partition coefficient (Wildman–Crippen LogP) is 4.73. The van der Waals surface area contributed by atoms with E-state index in [1.54, 1.807) is 60.7 Å². The third kappa shape index (κ3) is 5.69. The van der Waals surface area contributed by atoms with Gasteiger partial charge in [-0.15, -0.1) is 23.1 Å². The number of hydrogen-bond acceptors (Lipinski definition) is 7. The van der Waals surface area contributed by atoms with Gasteiger partial charge in [0.15, 0.2) is 0 Å². The van der Waals surface area contributed by atoms with E-state index in [1.165, 1.54) is 23.5 Å². The van der Waals surface area contributed by atoms with Crippen molar-refractivity contribution in [2.24, 2.45) is 0 Å². The van der Waals surface area contributed by atoms with Gasteiger partial charge in [0.25, 0.3) is 5.91 Å². The minimum absolute atomic E-state index is 0.103. The standard InChI is InChI=1S/C22H25N3O4S3/c1-4-25(5-2)32(27,28)19-10-11-21(29-3)20(12-19)24-22(26)16-6-8-18(9-7-16)31-14-17-13-30-15-23-17/h6-13,15H,4-5,14H2,1-3H3,(H,24,26). The molecule has 170 valence electrons. The number of thioether (sulfide) groups is 1. The van der Waals surface area contributed by atoms with Crippen molar-refractivity contribution < 1.29 is 17.9 Å². The number of methoxy groups -OCH3 is 1. The normalized spacial score (nSPS) is 11.5. The number of aromatic nitrogens is 1. The molecule has 10 heteroatoms. The maximum atomic E-state index is 12.9. The van der Waals surface area contributed by atoms with E-state index in [0.717, 1.165) is 16.3 Å². The van der Waals surface area contributed by atoms with E-state index in [-0.39, 0.29) is 10.8 Å². The summed E-state index contributed by atoms with van der Waals surface area (Å²) in [4.78, 5) is 18.2. The lowest BCUT2D eigenvalue weighted by Gasteiger charge is -2.19. The fourth-order valence-electron chi connectivity index (χ4n) is 3.02. The van der Waals surface area contributed by atoms with Gasteiger partial charge in [0, 0.05) is 34.7 Å². The van der Waals surface area contributed by atoms with Gasteiger partial charge in [0.2, 0.25) is 10.0 Å². The lowest BCUT2D eigenvalue weighted by molar-refractivity contribution is 0.102. The van der Waals surface area contributed by atoms with Crippen LogP contribution in [0.25, 0.3) is 0 Å². The van der Waals surface area contributed by atoms with Crippen LogP contribution in [0, 0.1) is 0 Å². The molecule has 0 bridgehead atoms. The van der Waals surface area contributed by atoms with Crippen molar-refractivity contribution in [2.45, 2.75) is 29.4 Å². The number of carbonyl (C=O) groups excluding carboxylic acids is 1. The zero-order valence-corrected chi connectivity index (χ0v) is 20.5. The lowest BCUT2D eigenvalue weighted by atomic mass is 10.2. The molecule has 0 aliphatic rings. The molecule has 0 unspecified atom stereocenters. The van der Waals surface area contributed by atoms with E-state index < -0.39 is 10.0 Å². The van der Waals surface area contributed by atoms with Crippen molar-refractivity contribution in [3.05, 3.63) is 64.6 Å². The molecular weight excluding hydrogens is 466 g/mol. The van der Waals surface area contributed by atoms with Gasteiger partial charge in [0.1, 0.15) is 5.75 Å². The number of ether oxygens (including phenoxy) is 1. The fraction of sp³-hybridized carbons (Fsp3) is 0.273. The minimum Gasteiger partial charge on any atom is -0.495 e. The largest absolute Gasteiger partial charge is 0.495 e. The Kier molecular flexibility index (Phi) is 8.30. The maximum absolute atomic E-state index is 12.9. The molecule has 1 amide bonds. The van der Waals surface area contributed by atoms with Crippen molar-refractivity contribution in [2.75, 3.05) is 25.5 Å². The zero-order valence-electron chi connectivity index (χ0n) is 18.1. The monoisotopic (exact) mass is 491 g/mol. The van der Waals surface area contributed by atoms with Gasteiger partial charge in [-0.3, -0.25) is 4.79 Å². The molecule has 0 aliphatic heterocycles. The molecule has 0 radical (unpaired) electrons. The maximum Gasteiger partial charge on any atom is 0.255 e. The number of nitrogens with one attached hydrogen (secondary N) is 1. The first kappa shape index (κ1) is 24.2. The highest BCUT2D eigenvalue weighted by Crippen LogP contribution is 2.30. The molecule has 2 aromatic carbocycles. The van der Waals surface area contributed by atoms with E-state index in [4.69, 9.17) is 4.74 Å². The summed E-state index contributed by atoms with van der Waals surface area (Å²) in [6.45, 7) is 4.29. The van der Waals surface area contributed by atoms with Crippen LogP contribution in [0.4, 0.5) is 5.69 Å². The number of hydrogen-bond donors (Lipinski definition) is 1. The Morgan fingerprint density at radius 2 is 1.88 bits per heavy atom. The Morgan fingerprint density at radius 1 is 1.16 bits per heavy atom. The number of amides is 1. The minimum atomic E-state index is -3.66. The highest BCUT2D eigenvalue weighted by Gasteiger charge is 2.23. The third-order valence-electron chi connectivity index (χ3n) is 4.75. The van der Waals surface area contributed by atoms with Crippen molar-refractivity contribution in [1.29, 1.82) is 0 Å². The Bertz CT molecular complexity index is 1140. The Labute approximate surface area is 196 Å². The fourth-order valence-corrected chi connectivity index (χ4v) is 5.97. The second kappa shape index (κ2) is 11.0. The molecular formula is C22H25N3O4S3. The van der Waals surface area contributed by atoms with Crippen molar-refractivity contribution in [1.82, 2.24) is 9.29 Å². The average molecular weight is 492 g/mol. The topological polar surface area (TPSA) is 88.6 Å². The lowest BCUT2D eigenvalue weighted by Crippen LogP contribution is -2.30. The molecule has 0 fully saturated rings. The summed E-state index contributed by atoms with van der Waals surface area (Å²) < 4.78 is 32.4. The summed E-state index contributed by atoms with van der Waals surface area (Å²) in [6.07, 6.45) is 0. The summed E-state index contributed by atoms with van der Waals surface area (Å²) in [7, 11) is -2.19. The Morgan fingerprint density at radius 3 is 2.47 bits per heavy atom. The van der Waals surface area contributed by atoms with Gasteiger partial charge in [-0.05, 0) is 42.5 Å². The molecule has 1 heterocycles. The van der Waals surface area contributed by atoms with Crippen LogP contribution < -0.4 is 10.1 Å². The first-order valence-electron chi connectivity index (χ1n) is 9.98. The van der Waals surface area contributed by atoms with Gasteiger partial charge >= 0.3 is 0 Å². The van der Waals surface area contributed by atoms with Crippen LogP contribution in [-0.4, -0.2) is 43.8 Å². The van der Waals surface area contributed by atoms with Crippen LogP contribution >= 0.6 is 23.1 Å². The van der Waals surface area contributed by atoms with E-state index in [9.17, 15) is 13.2 Å². The molecule has 0 aliphatic carbocycles. The zero-order chi connectivity index (χ0) is 23.1. The number of thiazole rings is 1. The summed E-state index contributed by atoms with van der Waals surface area (Å²) in [5, 5.41) is 4.79. The summed E-state index contributed by atoms with van der Waals surface area (Å²) in [5.41, 5.74) is 3.59. The van der Waals surface area contributed by atoms with E-state index >= 15 is 0 Å². The van der Waals surface area contributed by atoms with E-state index in [2.05, 4.69) is 10.3 Å². The average Bonchev–Trinajstić information content (AvgIpc) is 3.32. The van der Waals surface area contributed by atoms with Gasteiger partial charge < -0.3 is 10.1 Å². The SMILES string of the molecule is CCN(CC)S(=O)(=O)c1ccc(OC)c(NC(=O)c2ccc(SCc3cscn3)cc2)c1. The second-order valence-corrected chi connectivity index (χ2v) is 10.4. The second-order valence-electron chi connectivity index (χ2n) is 6.70. The molecule has 1 aromatic heterocycles. The van der Waals surface area contributed by atoms with Crippen LogP contribution in [0.1, 0.15) is 29.9 Å². The highest BCUT2D eigenvalue weighted by atomic mass is 32.2. The van der Waals surface area contributed by atoms with E-state index in [1.807, 2.05) is 17.5 Å². The number of sulfonamides is 1. The Balaban J connectivity index is 1.76. The molecule has 0 saturated heterocycles. The van der Waals surface area contributed by atoms with Crippen molar-refractivity contribution in [3.63, 3.8) is 0 Å². The van der Waals surface area contributed by atoms with Crippen molar-refractivity contribution >= 4 is 44.7 Å². The quantitative estimate of drug-likeness (QED) is 0.413. The van der Waals surface area contributed by atoms with Crippen LogP contribution in [0.3, 0.4) is 0 Å². The van der Waals surface area contributed by atoms with Crippen molar-refractivity contribution in [3.8, 4) is 5.75 Å². The van der Waals surface area contributed by atoms with Crippen LogP contribution in [0.15, 0.2) is 63.1 Å². The number of anilines is 1. The van der Waals surface area contributed by atoms with Crippen LogP contribution in [-0.2, 0) is 15.8 Å². The molecule has 0 saturated carbocycles. The highest BCUT2D eigenvalue weighted by molar-refractivity contribution is 7.98. The Hall–Kier alpha value is -2.40. The van der Waals surface area contributed by atoms with Gasteiger partial charge in [0.05, 0.1) is 28.9 Å². The molecule has 32 heavy (non-hydrogen) atoms. The number of rotatable bonds is 10. The number of benzene rings is 2. The van der Waals surface area contributed by atoms with Gasteiger partial charge in [-0.25, -0.2) is 13.4 Å². The number of carbonyl (C=O) groups is 1. The van der Waals surface area contributed by atoms with Crippen LogP contribution in [0.5, 0.6) is 5.75 Å². The molecule has 0 atom stereocenters. The van der Waals surface area contributed by atoms with Gasteiger partial charge in [-0.2, -0.15) is 4.31 Å². The number of nitrogens with zero attached hydrogens (tertiary/aromatic N) is 2. The summed E-state index contributed by atoms with van der Waals surface area (Å²) in [5.74, 6) is 0.795. The molecule has 7 nitrogen and oxygen atoms in total. The smallest absolute Gasteiger partial charge is 0.255 e. The predicted molar refractivity (Wildman–Crippen MR) is 129 cm³/mol.